The first-order chi connectivity index (χ1) is 13.1. The van der Waals surface area contributed by atoms with Gasteiger partial charge in [0.25, 0.3) is 0 Å². The lowest BCUT2D eigenvalue weighted by Gasteiger charge is -2.24. The van der Waals surface area contributed by atoms with Gasteiger partial charge in [0.2, 0.25) is 11.7 Å². The van der Waals surface area contributed by atoms with Crippen LogP contribution < -0.4 is 0 Å². The molecule has 1 aliphatic heterocycles. The maximum Gasteiger partial charge on any atom is 0.247 e. The molecule has 0 spiro atoms. The van der Waals surface area contributed by atoms with Gasteiger partial charge in [-0.3, -0.25) is 4.79 Å². The number of halogens is 1. The number of nitrogens with zero attached hydrogens (tertiary/aromatic N) is 5. The minimum absolute atomic E-state index is 0.0234. The summed E-state index contributed by atoms with van der Waals surface area (Å²) in [6, 6.07) is 14.4. The number of carbonyl (C=O) groups excluding carboxylic acids is 1. The zero-order valence-corrected chi connectivity index (χ0v) is 15.6. The highest BCUT2D eigenvalue weighted by atomic mass is 32.2. The number of aromatic nitrogens is 4. The van der Waals surface area contributed by atoms with Crippen LogP contribution in [0.25, 0.3) is 11.4 Å². The molecule has 8 heteroatoms. The number of amides is 1. The summed E-state index contributed by atoms with van der Waals surface area (Å²) in [7, 11) is 0. The van der Waals surface area contributed by atoms with Crippen LogP contribution >= 0.6 is 11.8 Å². The van der Waals surface area contributed by atoms with E-state index in [1.807, 2.05) is 31.2 Å². The van der Waals surface area contributed by atoms with E-state index in [1.165, 1.54) is 10.9 Å². The van der Waals surface area contributed by atoms with Crippen LogP contribution in [0.4, 0.5) is 4.39 Å². The highest BCUT2D eigenvalue weighted by Crippen LogP contribution is 2.38. The number of aryl methyl sites for hydroxylation is 1. The predicted molar refractivity (Wildman–Crippen MR) is 101 cm³/mol. The molecule has 0 aliphatic carbocycles. The molecule has 0 N–H and O–H groups in total. The maximum atomic E-state index is 14.1. The third kappa shape index (κ3) is 3.71. The van der Waals surface area contributed by atoms with E-state index < -0.39 is 0 Å². The van der Waals surface area contributed by atoms with E-state index in [1.54, 1.807) is 34.9 Å². The fraction of sp³-hybridized carbons (Fsp3) is 0.263. The number of rotatable bonds is 4. The lowest BCUT2D eigenvalue weighted by Crippen LogP contribution is -2.34. The Hall–Kier alpha value is -2.74. The Balaban J connectivity index is 1.49. The van der Waals surface area contributed by atoms with E-state index in [9.17, 15) is 9.18 Å². The fourth-order valence-electron chi connectivity index (χ4n) is 3.00. The molecule has 1 fully saturated rings. The quantitative estimate of drug-likeness (QED) is 0.693. The molecular formula is C19H18FN5OS. The van der Waals surface area contributed by atoms with E-state index >= 15 is 0 Å². The molecule has 1 saturated heterocycles. The smallest absolute Gasteiger partial charge is 0.247 e. The van der Waals surface area contributed by atoms with Gasteiger partial charge in [-0.2, -0.15) is 4.80 Å². The van der Waals surface area contributed by atoms with Crippen molar-refractivity contribution in [3.63, 3.8) is 0 Å². The number of hydrogen-bond acceptors (Lipinski definition) is 5. The van der Waals surface area contributed by atoms with E-state index in [0.29, 0.717) is 17.9 Å². The first-order valence-electron chi connectivity index (χ1n) is 8.62. The fourth-order valence-corrected chi connectivity index (χ4v) is 4.30. The van der Waals surface area contributed by atoms with Gasteiger partial charge < -0.3 is 4.90 Å². The van der Waals surface area contributed by atoms with Crippen molar-refractivity contribution in [1.29, 1.82) is 0 Å². The minimum atomic E-state index is -0.321. The van der Waals surface area contributed by atoms with E-state index in [2.05, 4.69) is 15.4 Å². The molecule has 1 atom stereocenters. The van der Waals surface area contributed by atoms with Gasteiger partial charge in [-0.05, 0) is 18.2 Å². The topological polar surface area (TPSA) is 63.9 Å². The molecule has 3 aromatic rings. The van der Waals surface area contributed by atoms with Gasteiger partial charge in [0.1, 0.15) is 17.7 Å². The molecule has 0 saturated carbocycles. The maximum absolute atomic E-state index is 14.1. The summed E-state index contributed by atoms with van der Waals surface area (Å²) in [5.74, 6) is 0.796. The Morgan fingerprint density at radius 3 is 2.78 bits per heavy atom. The summed E-state index contributed by atoms with van der Waals surface area (Å²) in [4.78, 5) is 15.7. The Kier molecular flexibility index (Phi) is 4.89. The summed E-state index contributed by atoms with van der Waals surface area (Å²) in [5, 5.41) is 12.0. The van der Waals surface area contributed by atoms with Crippen LogP contribution in [0.3, 0.4) is 0 Å². The normalized spacial score (nSPS) is 16.7. The number of carbonyl (C=O) groups is 1. The zero-order chi connectivity index (χ0) is 18.8. The largest absolute Gasteiger partial charge is 0.324 e. The molecule has 2 heterocycles. The minimum Gasteiger partial charge on any atom is -0.324 e. The summed E-state index contributed by atoms with van der Waals surface area (Å²) in [6.07, 6.45) is 0. The van der Waals surface area contributed by atoms with Crippen LogP contribution in [-0.4, -0.2) is 43.3 Å². The van der Waals surface area contributed by atoms with Crippen LogP contribution in [0, 0.1) is 12.7 Å². The average molecular weight is 383 g/mol. The Labute approximate surface area is 160 Å². The lowest BCUT2D eigenvalue weighted by molar-refractivity contribution is -0.132. The van der Waals surface area contributed by atoms with E-state index in [4.69, 9.17) is 0 Å². The molecular weight excluding hydrogens is 365 g/mol. The van der Waals surface area contributed by atoms with Gasteiger partial charge in [0.05, 0.1) is 0 Å². The Morgan fingerprint density at radius 1 is 1.22 bits per heavy atom. The molecule has 1 amide bonds. The van der Waals surface area contributed by atoms with Crippen LogP contribution in [-0.2, 0) is 11.3 Å². The van der Waals surface area contributed by atoms with Crippen molar-refractivity contribution in [3.8, 4) is 11.4 Å². The van der Waals surface area contributed by atoms with Gasteiger partial charge in [0.15, 0.2) is 0 Å². The number of tetrazole rings is 1. The SMILES string of the molecule is Cc1ccc(-c2nnn(CC(=O)N3CCSC3c3ccccc3F)n2)cc1. The molecule has 1 aromatic heterocycles. The number of thioether (sulfide) groups is 1. The van der Waals surface area contributed by atoms with Gasteiger partial charge in [-0.15, -0.1) is 22.0 Å². The van der Waals surface area contributed by atoms with Crippen molar-refractivity contribution in [2.75, 3.05) is 12.3 Å². The van der Waals surface area contributed by atoms with Gasteiger partial charge in [0, 0.05) is 23.4 Å². The van der Waals surface area contributed by atoms with Crippen LogP contribution in [0.5, 0.6) is 0 Å². The zero-order valence-electron chi connectivity index (χ0n) is 14.7. The molecule has 4 rings (SSSR count). The van der Waals surface area contributed by atoms with Crippen molar-refractivity contribution in [2.45, 2.75) is 18.8 Å². The summed E-state index contributed by atoms with van der Waals surface area (Å²) < 4.78 is 14.1. The van der Waals surface area contributed by atoms with E-state index in [0.717, 1.165) is 16.9 Å². The third-order valence-corrected chi connectivity index (χ3v) is 5.66. The van der Waals surface area contributed by atoms with Crippen molar-refractivity contribution in [1.82, 2.24) is 25.1 Å². The first-order valence-corrected chi connectivity index (χ1v) is 9.67. The lowest BCUT2D eigenvalue weighted by atomic mass is 10.1. The number of hydrogen-bond donors (Lipinski definition) is 0. The molecule has 1 aliphatic rings. The third-order valence-electron chi connectivity index (χ3n) is 4.42. The second kappa shape index (κ2) is 7.48. The molecule has 138 valence electrons. The molecule has 6 nitrogen and oxygen atoms in total. The van der Waals surface area contributed by atoms with Crippen molar-refractivity contribution < 1.29 is 9.18 Å². The second-order valence-corrected chi connectivity index (χ2v) is 7.53. The van der Waals surface area contributed by atoms with Crippen molar-refractivity contribution in [2.24, 2.45) is 0 Å². The monoisotopic (exact) mass is 383 g/mol. The van der Waals surface area contributed by atoms with Gasteiger partial charge >= 0.3 is 0 Å². The highest BCUT2D eigenvalue weighted by Gasteiger charge is 2.32. The standard InChI is InChI=1S/C19H18FN5OS/c1-13-6-8-14(9-7-13)18-21-23-25(22-18)12-17(26)24-10-11-27-19(24)15-4-2-3-5-16(15)20/h2-9,19H,10-12H2,1H3. The van der Waals surface area contributed by atoms with Crippen molar-refractivity contribution >= 4 is 17.7 Å². The molecule has 1 unspecified atom stereocenters. The van der Waals surface area contributed by atoms with E-state index in [-0.39, 0.29) is 23.6 Å². The molecule has 2 aromatic carbocycles. The van der Waals surface area contributed by atoms with Crippen LogP contribution in [0.2, 0.25) is 0 Å². The first kappa shape index (κ1) is 17.7. The van der Waals surface area contributed by atoms with Crippen molar-refractivity contribution in [3.05, 3.63) is 65.5 Å². The summed E-state index contributed by atoms with van der Waals surface area (Å²) >= 11 is 1.56. The summed E-state index contributed by atoms with van der Waals surface area (Å²) in [5.41, 5.74) is 2.52. The Bertz CT molecular complexity index is 959. The highest BCUT2D eigenvalue weighted by molar-refractivity contribution is 7.99. The number of benzene rings is 2. The average Bonchev–Trinajstić information content (AvgIpc) is 3.32. The summed E-state index contributed by atoms with van der Waals surface area (Å²) in [6.45, 7) is 2.55. The molecule has 0 bridgehead atoms. The Morgan fingerprint density at radius 2 is 2.00 bits per heavy atom. The molecule has 0 radical (unpaired) electrons. The molecule has 27 heavy (non-hydrogen) atoms. The van der Waals surface area contributed by atoms with Gasteiger partial charge in [-0.25, -0.2) is 4.39 Å². The van der Waals surface area contributed by atoms with Crippen LogP contribution in [0.15, 0.2) is 48.5 Å². The van der Waals surface area contributed by atoms with Gasteiger partial charge in [-0.1, -0.05) is 48.0 Å². The van der Waals surface area contributed by atoms with Crippen LogP contribution in [0.1, 0.15) is 16.5 Å². The second-order valence-electron chi connectivity index (χ2n) is 6.34. The predicted octanol–water partition coefficient (Wildman–Crippen LogP) is 3.06.